The molecule has 0 saturated carbocycles. The first-order chi connectivity index (χ1) is 17.1. The van der Waals surface area contributed by atoms with E-state index in [-0.39, 0.29) is 5.91 Å². The predicted molar refractivity (Wildman–Crippen MR) is 135 cm³/mol. The van der Waals surface area contributed by atoms with Crippen LogP contribution in [-0.2, 0) is 4.79 Å². The molecule has 8 heteroatoms. The maximum absolute atomic E-state index is 13.6. The Balaban J connectivity index is 1.65. The molecule has 0 spiro atoms. The number of aromatic nitrogens is 3. The van der Waals surface area contributed by atoms with Crippen molar-refractivity contribution in [1.82, 2.24) is 14.8 Å². The van der Waals surface area contributed by atoms with Gasteiger partial charge in [-0.05, 0) is 37.3 Å². The van der Waals surface area contributed by atoms with Crippen LogP contribution in [0.5, 0.6) is 11.5 Å². The molecule has 1 aliphatic heterocycles. The molecule has 4 aromatic rings. The van der Waals surface area contributed by atoms with Crippen LogP contribution in [0.25, 0.3) is 11.4 Å². The minimum Gasteiger partial charge on any atom is -0.496 e. The number of carbonyl (C=O) groups is 1. The summed E-state index contributed by atoms with van der Waals surface area (Å²) >= 11 is 0. The van der Waals surface area contributed by atoms with Crippen molar-refractivity contribution >= 4 is 17.5 Å². The van der Waals surface area contributed by atoms with Gasteiger partial charge in [0.25, 0.3) is 5.91 Å². The van der Waals surface area contributed by atoms with Gasteiger partial charge in [0.05, 0.1) is 25.4 Å². The fourth-order valence-corrected chi connectivity index (χ4v) is 4.29. The Bertz CT molecular complexity index is 1410. The molecule has 2 heterocycles. The number of amides is 1. The number of ether oxygens (including phenoxy) is 2. The zero-order valence-corrected chi connectivity index (χ0v) is 19.6. The summed E-state index contributed by atoms with van der Waals surface area (Å²) in [5.41, 5.74) is 3.45. The highest BCUT2D eigenvalue weighted by Gasteiger charge is 2.36. The highest BCUT2D eigenvalue weighted by atomic mass is 16.5. The summed E-state index contributed by atoms with van der Waals surface area (Å²) in [7, 11) is 3.23. The maximum Gasteiger partial charge on any atom is 0.255 e. The molecule has 35 heavy (non-hydrogen) atoms. The predicted octanol–water partition coefficient (Wildman–Crippen LogP) is 4.89. The molecule has 0 bridgehead atoms. The first kappa shape index (κ1) is 22.2. The van der Waals surface area contributed by atoms with E-state index in [0.29, 0.717) is 40.2 Å². The summed E-state index contributed by atoms with van der Waals surface area (Å²) in [6.45, 7) is 1.86. The molecule has 1 aromatic heterocycles. The van der Waals surface area contributed by atoms with Gasteiger partial charge in [-0.25, -0.2) is 4.68 Å². The molecule has 1 unspecified atom stereocenters. The lowest BCUT2D eigenvalue weighted by Gasteiger charge is -2.29. The highest BCUT2D eigenvalue weighted by Crippen LogP contribution is 2.40. The highest BCUT2D eigenvalue weighted by molar-refractivity contribution is 6.06. The second-order valence-corrected chi connectivity index (χ2v) is 8.03. The topological polar surface area (TPSA) is 90.3 Å². The van der Waals surface area contributed by atoms with E-state index >= 15 is 0 Å². The maximum atomic E-state index is 13.6. The van der Waals surface area contributed by atoms with E-state index in [2.05, 4.69) is 10.6 Å². The third-order valence-corrected chi connectivity index (χ3v) is 5.91. The van der Waals surface area contributed by atoms with Gasteiger partial charge in [0.15, 0.2) is 5.82 Å². The molecule has 5 rings (SSSR count). The lowest BCUT2D eigenvalue weighted by Crippen LogP contribution is -2.31. The largest absolute Gasteiger partial charge is 0.496 e. The molecule has 3 aromatic carbocycles. The van der Waals surface area contributed by atoms with Crippen molar-refractivity contribution in [2.45, 2.75) is 13.0 Å². The Labute approximate surface area is 203 Å². The van der Waals surface area contributed by atoms with Gasteiger partial charge in [0.2, 0.25) is 5.95 Å². The quantitative estimate of drug-likeness (QED) is 0.420. The van der Waals surface area contributed by atoms with Gasteiger partial charge in [-0.3, -0.25) is 4.79 Å². The van der Waals surface area contributed by atoms with Crippen LogP contribution in [0.2, 0.25) is 0 Å². The van der Waals surface area contributed by atoms with E-state index in [9.17, 15) is 4.79 Å². The molecular weight excluding hydrogens is 442 g/mol. The Kier molecular flexibility index (Phi) is 5.93. The average molecular weight is 468 g/mol. The summed E-state index contributed by atoms with van der Waals surface area (Å²) in [6, 6.07) is 24.0. The summed E-state index contributed by atoms with van der Waals surface area (Å²) in [5, 5.41) is 11.1. The first-order valence-corrected chi connectivity index (χ1v) is 11.2. The summed E-state index contributed by atoms with van der Waals surface area (Å²) in [4.78, 5) is 18.4. The third-order valence-electron chi connectivity index (χ3n) is 5.91. The van der Waals surface area contributed by atoms with Gasteiger partial charge in [0, 0.05) is 16.9 Å². The molecule has 0 radical (unpaired) electrons. The number of nitrogens with zero attached hydrogens (tertiary/aromatic N) is 3. The molecule has 0 fully saturated rings. The van der Waals surface area contributed by atoms with Crippen LogP contribution < -0.4 is 20.1 Å². The van der Waals surface area contributed by atoms with Crippen LogP contribution in [0, 0.1) is 0 Å². The number of hydrogen-bond donors (Lipinski definition) is 2. The first-order valence-electron chi connectivity index (χ1n) is 11.2. The van der Waals surface area contributed by atoms with Gasteiger partial charge in [-0.2, -0.15) is 4.98 Å². The molecule has 1 atom stereocenters. The van der Waals surface area contributed by atoms with Crippen molar-refractivity contribution in [1.29, 1.82) is 0 Å². The van der Waals surface area contributed by atoms with Crippen molar-refractivity contribution < 1.29 is 14.3 Å². The second-order valence-electron chi connectivity index (χ2n) is 8.03. The Hall–Kier alpha value is -4.59. The zero-order chi connectivity index (χ0) is 24.4. The smallest absolute Gasteiger partial charge is 0.255 e. The molecule has 8 nitrogen and oxygen atoms in total. The number of nitrogens with one attached hydrogen (secondary N) is 2. The summed E-state index contributed by atoms with van der Waals surface area (Å²) in [6.07, 6.45) is 0. The van der Waals surface area contributed by atoms with E-state index < -0.39 is 6.04 Å². The molecule has 176 valence electrons. The number of benzene rings is 3. The van der Waals surface area contributed by atoms with Crippen molar-refractivity contribution in [3.8, 4) is 22.9 Å². The van der Waals surface area contributed by atoms with Crippen LogP contribution in [0.15, 0.2) is 90.1 Å². The van der Waals surface area contributed by atoms with Crippen LogP contribution in [0.4, 0.5) is 11.6 Å². The third kappa shape index (κ3) is 4.10. The van der Waals surface area contributed by atoms with Crippen molar-refractivity contribution in [3.05, 3.63) is 95.7 Å². The zero-order valence-electron chi connectivity index (χ0n) is 19.6. The van der Waals surface area contributed by atoms with E-state index in [0.717, 1.165) is 11.1 Å². The molecule has 2 N–H and O–H groups in total. The molecular formula is C27H25N5O3. The van der Waals surface area contributed by atoms with Gasteiger partial charge in [-0.1, -0.05) is 48.5 Å². The average Bonchev–Trinajstić information content (AvgIpc) is 3.31. The Morgan fingerprint density at radius 3 is 2.31 bits per heavy atom. The van der Waals surface area contributed by atoms with E-state index in [1.54, 1.807) is 18.9 Å². The lowest BCUT2D eigenvalue weighted by atomic mass is 9.94. The van der Waals surface area contributed by atoms with Crippen LogP contribution in [0.1, 0.15) is 18.5 Å². The number of rotatable bonds is 6. The molecule has 0 aliphatic carbocycles. The fraction of sp³-hybridized carbons (Fsp3) is 0.148. The number of methoxy groups -OCH3 is 2. The monoisotopic (exact) mass is 467 g/mol. The second kappa shape index (κ2) is 9.34. The minimum absolute atomic E-state index is 0.239. The normalized spacial score (nSPS) is 14.7. The van der Waals surface area contributed by atoms with Crippen molar-refractivity contribution in [3.63, 3.8) is 0 Å². The number of anilines is 2. The van der Waals surface area contributed by atoms with Crippen LogP contribution >= 0.6 is 0 Å². The molecule has 1 amide bonds. The number of fused-ring (bicyclic) bond motifs is 1. The SMILES string of the molecule is COc1ccccc1-c1nc2n(n1)C(c1ccccc1OC)C(C(=O)Nc1ccccc1)=C(C)N2. The van der Waals surface area contributed by atoms with Crippen molar-refractivity contribution in [2.75, 3.05) is 24.9 Å². The molecule has 1 aliphatic rings. The van der Waals surface area contributed by atoms with Crippen LogP contribution in [0.3, 0.4) is 0 Å². The van der Waals surface area contributed by atoms with Crippen LogP contribution in [-0.4, -0.2) is 34.9 Å². The summed E-state index contributed by atoms with van der Waals surface area (Å²) < 4.78 is 12.9. The van der Waals surface area contributed by atoms with E-state index in [4.69, 9.17) is 19.6 Å². The van der Waals surface area contributed by atoms with Gasteiger partial charge >= 0.3 is 0 Å². The van der Waals surface area contributed by atoms with Crippen molar-refractivity contribution in [2.24, 2.45) is 0 Å². The van der Waals surface area contributed by atoms with Gasteiger partial charge in [-0.15, -0.1) is 5.10 Å². The minimum atomic E-state index is -0.568. The number of allylic oxidation sites excluding steroid dienone is 1. The Morgan fingerprint density at radius 1 is 0.914 bits per heavy atom. The Morgan fingerprint density at radius 2 is 1.57 bits per heavy atom. The lowest BCUT2D eigenvalue weighted by molar-refractivity contribution is -0.113. The fourth-order valence-electron chi connectivity index (χ4n) is 4.29. The number of para-hydroxylation sites is 3. The summed E-state index contributed by atoms with van der Waals surface area (Å²) in [5.74, 6) is 2.09. The van der Waals surface area contributed by atoms with E-state index in [1.165, 1.54) is 0 Å². The number of carbonyl (C=O) groups excluding carboxylic acids is 1. The standard InChI is InChI=1S/C27H25N5O3/c1-17-23(26(33)29-18-11-5-4-6-12-18)24(19-13-7-9-15-21(19)34-2)32-27(28-17)30-25(31-32)20-14-8-10-16-22(20)35-3/h4-16,24H,1-3H3,(H,29,33)(H,28,30,31). The van der Waals surface area contributed by atoms with Gasteiger partial charge < -0.3 is 20.1 Å². The molecule has 0 saturated heterocycles. The van der Waals surface area contributed by atoms with Gasteiger partial charge in [0.1, 0.15) is 17.5 Å². The van der Waals surface area contributed by atoms with E-state index in [1.807, 2.05) is 85.8 Å². The number of hydrogen-bond acceptors (Lipinski definition) is 6.